The zero-order valence-corrected chi connectivity index (χ0v) is 12.8. The largest absolute Gasteiger partial charge is 0.374 e. The number of benzene rings is 1. The first kappa shape index (κ1) is 16.0. The van der Waals surface area contributed by atoms with Gasteiger partial charge < -0.3 is 14.8 Å². The maximum atomic E-state index is 11.6. The van der Waals surface area contributed by atoms with E-state index in [1.54, 1.807) is 0 Å². The lowest BCUT2D eigenvalue weighted by Crippen LogP contribution is -2.18. The summed E-state index contributed by atoms with van der Waals surface area (Å²) in [7, 11) is 0. The number of rotatable bonds is 7. The van der Waals surface area contributed by atoms with Gasteiger partial charge in [0.1, 0.15) is 6.61 Å². The fraction of sp³-hybridized carbons (Fsp3) is 0.588. The number of carbonyl (C=O) groups is 1. The third-order valence-corrected chi connectivity index (χ3v) is 3.69. The Morgan fingerprint density at radius 1 is 1.29 bits per heavy atom. The summed E-state index contributed by atoms with van der Waals surface area (Å²) in [5.41, 5.74) is 1.89. The zero-order chi connectivity index (χ0) is 14.9. The average molecular weight is 291 g/mol. The van der Waals surface area contributed by atoms with E-state index in [1.807, 2.05) is 31.2 Å². The Morgan fingerprint density at radius 3 is 2.86 bits per heavy atom. The second-order valence-electron chi connectivity index (χ2n) is 5.46. The van der Waals surface area contributed by atoms with E-state index in [4.69, 9.17) is 9.47 Å². The van der Waals surface area contributed by atoms with Crippen LogP contribution in [0.5, 0.6) is 0 Å². The minimum atomic E-state index is -0.123. The second kappa shape index (κ2) is 8.80. The lowest BCUT2D eigenvalue weighted by atomic mass is 9.98. The van der Waals surface area contributed by atoms with E-state index in [1.165, 1.54) is 32.1 Å². The van der Waals surface area contributed by atoms with Gasteiger partial charge in [-0.2, -0.15) is 0 Å². The van der Waals surface area contributed by atoms with Gasteiger partial charge in [0, 0.05) is 12.3 Å². The van der Waals surface area contributed by atoms with Crippen molar-refractivity contribution in [3.05, 3.63) is 29.8 Å². The Hall–Kier alpha value is -1.39. The highest BCUT2D eigenvalue weighted by Gasteiger charge is 2.13. The summed E-state index contributed by atoms with van der Waals surface area (Å²) in [4.78, 5) is 11.6. The lowest BCUT2D eigenvalue weighted by Gasteiger charge is -2.22. The van der Waals surface area contributed by atoms with Crippen LogP contribution in [0.1, 0.15) is 44.6 Å². The maximum absolute atomic E-state index is 11.6. The highest BCUT2D eigenvalue weighted by molar-refractivity contribution is 5.91. The van der Waals surface area contributed by atoms with Crippen molar-refractivity contribution in [3.63, 3.8) is 0 Å². The van der Waals surface area contributed by atoms with Crippen LogP contribution in [0.4, 0.5) is 5.69 Å². The smallest absolute Gasteiger partial charge is 0.250 e. The molecule has 0 saturated heterocycles. The van der Waals surface area contributed by atoms with E-state index in [2.05, 4.69) is 5.32 Å². The molecule has 0 atom stereocenters. The molecule has 0 bridgehead atoms. The van der Waals surface area contributed by atoms with Gasteiger partial charge in [-0.15, -0.1) is 0 Å². The van der Waals surface area contributed by atoms with Crippen molar-refractivity contribution in [1.82, 2.24) is 0 Å². The number of nitrogens with one attached hydrogen (secondary N) is 1. The number of amides is 1. The molecule has 4 nitrogen and oxygen atoms in total. The van der Waals surface area contributed by atoms with Crippen LogP contribution in [0.2, 0.25) is 0 Å². The molecule has 0 aliphatic heterocycles. The topological polar surface area (TPSA) is 47.6 Å². The molecule has 1 saturated carbocycles. The molecule has 21 heavy (non-hydrogen) atoms. The summed E-state index contributed by atoms with van der Waals surface area (Å²) in [6.45, 7) is 3.12. The van der Waals surface area contributed by atoms with E-state index in [-0.39, 0.29) is 12.5 Å². The van der Waals surface area contributed by atoms with E-state index in [0.29, 0.717) is 19.3 Å². The molecule has 0 aromatic heterocycles. The van der Waals surface area contributed by atoms with Gasteiger partial charge in [0.15, 0.2) is 0 Å². The molecule has 1 aromatic carbocycles. The average Bonchev–Trinajstić information content (AvgIpc) is 2.52. The van der Waals surface area contributed by atoms with Gasteiger partial charge in [0.25, 0.3) is 0 Å². The highest BCUT2D eigenvalue weighted by atomic mass is 16.5. The number of carbonyl (C=O) groups excluding carboxylic acids is 1. The van der Waals surface area contributed by atoms with E-state index < -0.39 is 0 Å². The number of hydrogen-bond acceptors (Lipinski definition) is 3. The summed E-state index contributed by atoms with van der Waals surface area (Å²) >= 11 is 0. The summed E-state index contributed by atoms with van der Waals surface area (Å²) in [5, 5.41) is 2.84. The third kappa shape index (κ3) is 5.86. The van der Waals surface area contributed by atoms with Crippen molar-refractivity contribution in [2.24, 2.45) is 0 Å². The molecule has 2 rings (SSSR count). The minimum Gasteiger partial charge on any atom is -0.374 e. The van der Waals surface area contributed by atoms with Crippen LogP contribution in [-0.2, 0) is 20.9 Å². The molecule has 0 heterocycles. The van der Waals surface area contributed by atoms with E-state index >= 15 is 0 Å². The zero-order valence-electron chi connectivity index (χ0n) is 12.8. The van der Waals surface area contributed by atoms with Crippen molar-refractivity contribution >= 4 is 11.6 Å². The van der Waals surface area contributed by atoms with Crippen LogP contribution in [0.25, 0.3) is 0 Å². The van der Waals surface area contributed by atoms with Crippen molar-refractivity contribution < 1.29 is 14.3 Å². The monoisotopic (exact) mass is 291 g/mol. The van der Waals surface area contributed by atoms with Crippen LogP contribution in [-0.4, -0.2) is 25.2 Å². The van der Waals surface area contributed by atoms with Gasteiger partial charge in [-0.25, -0.2) is 0 Å². The highest BCUT2D eigenvalue weighted by Crippen LogP contribution is 2.22. The van der Waals surface area contributed by atoms with Gasteiger partial charge in [-0.05, 0) is 37.5 Å². The van der Waals surface area contributed by atoms with Crippen LogP contribution in [0.15, 0.2) is 24.3 Å². The summed E-state index contributed by atoms with van der Waals surface area (Å²) in [5.74, 6) is -0.123. The molecule has 116 valence electrons. The normalized spacial score (nSPS) is 15.9. The second-order valence-corrected chi connectivity index (χ2v) is 5.46. The van der Waals surface area contributed by atoms with Crippen molar-refractivity contribution in [1.29, 1.82) is 0 Å². The van der Waals surface area contributed by atoms with E-state index in [9.17, 15) is 4.79 Å². The van der Waals surface area contributed by atoms with E-state index in [0.717, 1.165) is 11.3 Å². The molecule has 4 heteroatoms. The number of hydrogen-bond donors (Lipinski definition) is 1. The van der Waals surface area contributed by atoms with Crippen LogP contribution in [0.3, 0.4) is 0 Å². The Morgan fingerprint density at radius 2 is 2.10 bits per heavy atom. The lowest BCUT2D eigenvalue weighted by molar-refractivity contribution is -0.120. The Kier molecular flexibility index (Phi) is 6.70. The molecule has 1 N–H and O–H groups in total. The maximum Gasteiger partial charge on any atom is 0.250 e. The summed E-state index contributed by atoms with van der Waals surface area (Å²) in [6, 6.07) is 7.82. The van der Waals surface area contributed by atoms with Gasteiger partial charge in [-0.3, -0.25) is 4.79 Å². The minimum absolute atomic E-state index is 0.0965. The molecule has 1 aromatic rings. The molecule has 1 fully saturated rings. The van der Waals surface area contributed by atoms with Crippen LogP contribution in [0, 0.1) is 0 Å². The SMILES string of the molecule is CCOCC(=O)Nc1cccc(COC2CCCCC2)c1. The standard InChI is InChI=1S/C17H25NO3/c1-2-20-13-17(19)18-15-8-6-7-14(11-15)12-21-16-9-4-3-5-10-16/h6-8,11,16H,2-5,9-10,12-13H2,1H3,(H,18,19). The van der Waals surface area contributed by atoms with Gasteiger partial charge in [0.2, 0.25) is 5.91 Å². The van der Waals surface area contributed by atoms with Gasteiger partial charge in [-0.1, -0.05) is 31.4 Å². The first-order chi connectivity index (χ1) is 10.3. The van der Waals surface area contributed by atoms with Crippen LogP contribution >= 0.6 is 0 Å². The van der Waals surface area contributed by atoms with Gasteiger partial charge in [0.05, 0.1) is 12.7 Å². The molecule has 1 amide bonds. The third-order valence-electron chi connectivity index (χ3n) is 3.69. The van der Waals surface area contributed by atoms with Crippen molar-refractivity contribution in [3.8, 4) is 0 Å². The molecule has 1 aliphatic carbocycles. The quantitative estimate of drug-likeness (QED) is 0.836. The van der Waals surface area contributed by atoms with Gasteiger partial charge >= 0.3 is 0 Å². The summed E-state index contributed by atoms with van der Waals surface area (Å²) in [6.07, 6.45) is 6.63. The molecule has 1 aliphatic rings. The van der Waals surface area contributed by atoms with Crippen molar-refractivity contribution in [2.45, 2.75) is 51.7 Å². The predicted molar refractivity (Wildman–Crippen MR) is 83.2 cm³/mol. The first-order valence-corrected chi connectivity index (χ1v) is 7.86. The number of anilines is 1. The molecule has 0 radical (unpaired) electrons. The summed E-state index contributed by atoms with van der Waals surface area (Å²) < 4.78 is 11.0. The molecule has 0 spiro atoms. The fourth-order valence-electron chi connectivity index (χ4n) is 2.58. The Bertz CT molecular complexity index is 441. The van der Waals surface area contributed by atoms with Crippen LogP contribution < -0.4 is 5.32 Å². The molecular weight excluding hydrogens is 266 g/mol. The fourth-order valence-corrected chi connectivity index (χ4v) is 2.58. The van der Waals surface area contributed by atoms with Crippen molar-refractivity contribution in [2.75, 3.05) is 18.5 Å². The predicted octanol–water partition coefficient (Wildman–Crippen LogP) is 3.51. The first-order valence-electron chi connectivity index (χ1n) is 7.86. The number of ether oxygens (including phenoxy) is 2. The molecule has 0 unspecified atom stereocenters. The molecular formula is C17H25NO3. The Labute approximate surface area is 126 Å². The Balaban J connectivity index is 1.80.